The van der Waals surface area contributed by atoms with E-state index in [9.17, 15) is 0 Å². The molecule has 1 unspecified atom stereocenters. The number of benzene rings is 1. The first-order valence-corrected chi connectivity index (χ1v) is 7.70. The molecule has 0 aliphatic heterocycles. The van der Waals surface area contributed by atoms with E-state index in [1.165, 1.54) is 10.4 Å². The molecule has 1 aromatic heterocycles. The maximum absolute atomic E-state index is 5.68. The normalized spacial score (nSPS) is 12.7. The molecule has 0 amide bonds. The van der Waals surface area contributed by atoms with Gasteiger partial charge in [0.2, 0.25) is 0 Å². The van der Waals surface area contributed by atoms with Crippen molar-refractivity contribution in [3.05, 3.63) is 45.4 Å². The van der Waals surface area contributed by atoms with Crippen molar-refractivity contribution in [2.24, 2.45) is 0 Å². The summed E-state index contributed by atoms with van der Waals surface area (Å²) in [7, 11) is 1.97. The van der Waals surface area contributed by atoms with Crippen LogP contribution < -0.4 is 10.1 Å². The molecule has 1 heterocycles. The fraction of sp³-hybridized carbons (Fsp3) is 0.438. The van der Waals surface area contributed by atoms with E-state index in [4.69, 9.17) is 4.74 Å². The van der Waals surface area contributed by atoms with E-state index in [2.05, 4.69) is 36.3 Å². The fourth-order valence-electron chi connectivity index (χ4n) is 2.06. The Labute approximate surface area is 125 Å². The zero-order valence-corrected chi connectivity index (χ0v) is 13.5. The number of aromatic nitrogens is 1. The van der Waals surface area contributed by atoms with Crippen molar-refractivity contribution >= 4 is 11.3 Å². The molecular formula is C16H22N2OS. The molecule has 0 fully saturated rings. The summed E-state index contributed by atoms with van der Waals surface area (Å²) < 4.78 is 5.68. The van der Waals surface area contributed by atoms with Gasteiger partial charge in [0.05, 0.1) is 17.8 Å². The second-order valence-corrected chi connectivity index (χ2v) is 6.39. The first-order valence-electron chi connectivity index (χ1n) is 6.89. The number of rotatable bonds is 5. The van der Waals surface area contributed by atoms with Crippen LogP contribution in [0.3, 0.4) is 0 Å². The lowest BCUT2D eigenvalue weighted by atomic mass is 10.1. The molecule has 1 N–H and O–H groups in total. The summed E-state index contributed by atoms with van der Waals surface area (Å²) in [6.45, 7) is 8.24. The maximum Gasteiger partial charge on any atom is 0.119 e. The minimum absolute atomic E-state index is 0.139. The summed E-state index contributed by atoms with van der Waals surface area (Å²) in [5.41, 5.74) is 2.32. The van der Waals surface area contributed by atoms with Crippen molar-refractivity contribution in [1.82, 2.24) is 10.3 Å². The van der Waals surface area contributed by atoms with E-state index in [-0.39, 0.29) is 12.1 Å². The molecule has 4 heteroatoms. The smallest absolute Gasteiger partial charge is 0.119 e. The first kappa shape index (κ1) is 15.0. The SMILES string of the molecule is CNC(c1ccc(OC(C)C)cc1)c1nc(C)c(C)s1. The third-order valence-electron chi connectivity index (χ3n) is 3.17. The zero-order valence-electron chi connectivity index (χ0n) is 12.7. The van der Waals surface area contributed by atoms with Crippen LogP contribution in [0.5, 0.6) is 5.75 Å². The standard InChI is InChI=1S/C16H22N2OS/c1-10(2)19-14-8-6-13(7-9-14)15(17-5)16-18-11(3)12(4)20-16/h6-10,15,17H,1-5H3. The predicted octanol–water partition coefficient (Wildman–Crippen LogP) is 3.86. The van der Waals surface area contributed by atoms with Crippen LogP contribution in [0, 0.1) is 13.8 Å². The molecule has 0 radical (unpaired) electrons. The Morgan fingerprint density at radius 1 is 1.15 bits per heavy atom. The van der Waals surface area contributed by atoms with Crippen LogP contribution >= 0.6 is 11.3 Å². The van der Waals surface area contributed by atoms with Crippen molar-refractivity contribution in [1.29, 1.82) is 0 Å². The van der Waals surface area contributed by atoms with Gasteiger partial charge in [-0.3, -0.25) is 0 Å². The van der Waals surface area contributed by atoms with Crippen LogP contribution in [-0.4, -0.2) is 18.1 Å². The Morgan fingerprint density at radius 3 is 2.25 bits per heavy atom. The molecule has 0 saturated carbocycles. The number of aryl methyl sites for hydroxylation is 2. The zero-order chi connectivity index (χ0) is 14.7. The lowest BCUT2D eigenvalue weighted by Crippen LogP contribution is -2.17. The Kier molecular flexibility index (Phi) is 4.78. The summed E-state index contributed by atoms with van der Waals surface area (Å²) in [5.74, 6) is 0.908. The van der Waals surface area contributed by atoms with Gasteiger partial charge < -0.3 is 10.1 Å². The number of hydrogen-bond donors (Lipinski definition) is 1. The van der Waals surface area contributed by atoms with E-state index in [1.807, 2.05) is 33.0 Å². The van der Waals surface area contributed by atoms with Crippen LogP contribution in [0.15, 0.2) is 24.3 Å². The second-order valence-electron chi connectivity index (χ2n) is 5.15. The van der Waals surface area contributed by atoms with E-state index >= 15 is 0 Å². The van der Waals surface area contributed by atoms with Gasteiger partial charge in [0, 0.05) is 4.88 Å². The molecule has 2 rings (SSSR count). The highest BCUT2D eigenvalue weighted by Gasteiger charge is 2.17. The molecule has 0 saturated heterocycles. The molecule has 20 heavy (non-hydrogen) atoms. The van der Waals surface area contributed by atoms with Gasteiger partial charge in [0.15, 0.2) is 0 Å². The average molecular weight is 290 g/mol. The summed E-state index contributed by atoms with van der Waals surface area (Å²) in [5, 5.41) is 4.45. The lowest BCUT2D eigenvalue weighted by molar-refractivity contribution is 0.242. The minimum atomic E-state index is 0.139. The summed E-state index contributed by atoms with van der Waals surface area (Å²) in [6, 6.07) is 8.39. The van der Waals surface area contributed by atoms with Crippen molar-refractivity contribution in [3.8, 4) is 5.75 Å². The van der Waals surface area contributed by atoms with Crippen LogP contribution in [0.2, 0.25) is 0 Å². The molecule has 0 aliphatic carbocycles. The van der Waals surface area contributed by atoms with Crippen molar-refractivity contribution in [3.63, 3.8) is 0 Å². The van der Waals surface area contributed by atoms with Gasteiger partial charge in [-0.25, -0.2) is 4.98 Å². The molecule has 0 spiro atoms. The van der Waals surface area contributed by atoms with Gasteiger partial charge in [-0.2, -0.15) is 0 Å². The van der Waals surface area contributed by atoms with E-state index in [1.54, 1.807) is 11.3 Å². The van der Waals surface area contributed by atoms with Gasteiger partial charge >= 0.3 is 0 Å². The number of ether oxygens (including phenoxy) is 1. The van der Waals surface area contributed by atoms with E-state index < -0.39 is 0 Å². The average Bonchev–Trinajstić information content (AvgIpc) is 2.72. The second kappa shape index (κ2) is 6.37. The first-order chi connectivity index (χ1) is 9.51. The third kappa shape index (κ3) is 3.38. The number of hydrogen-bond acceptors (Lipinski definition) is 4. The maximum atomic E-state index is 5.68. The van der Waals surface area contributed by atoms with Gasteiger partial charge in [-0.1, -0.05) is 12.1 Å². The monoisotopic (exact) mass is 290 g/mol. The van der Waals surface area contributed by atoms with Gasteiger partial charge in [-0.05, 0) is 52.4 Å². The highest BCUT2D eigenvalue weighted by molar-refractivity contribution is 7.11. The Hall–Kier alpha value is -1.39. The number of nitrogens with one attached hydrogen (secondary N) is 1. The topological polar surface area (TPSA) is 34.1 Å². The largest absolute Gasteiger partial charge is 0.491 e. The van der Waals surface area contributed by atoms with Crippen LogP contribution in [-0.2, 0) is 0 Å². The molecule has 2 aromatic rings. The molecule has 1 atom stereocenters. The van der Waals surface area contributed by atoms with Crippen LogP contribution in [0.25, 0.3) is 0 Å². The molecule has 0 bridgehead atoms. The van der Waals surface area contributed by atoms with Crippen LogP contribution in [0.4, 0.5) is 0 Å². The van der Waals surface area contributed by atoms with Gasteiger partial charge in [-0.15, -0.1) is 11.3 Å². The van der Waals surface area contributed by atoms with Crippen molar-refractivity contribution < 1.29 is 4.74 Å². The molecular weight excluding hydrogens is 268 g/mol. The lowest BCUT2D eigenvalue weighted by Gasteiger charge is -2.15. The van der Waals surface area contributed by atoms with E-state index in [0.717, 1.165) is 16.5 Å². The number of nitrogens with zero attached hydrogens (tertiary/aromatic N) is 1. The van der Waals surface area contributed by atoms with Gasteiger partial charge in [0.25, 0.3) is 0 Å². The molecule has 108 valence electrons. The van der Waals surface area contributed by atoms with E-state index in [0.29, 0.717) is 0 Å². The molecule has 1 aromatic carbocycles. The Balaban J connectivity index is 2.23. The van der Waals surface area contributed by atoms with Crippen LogP contribution in [0.1, 0.15) is 41.0 Å². The highest BCUT2D eigenvalue weighted by Crippen LogP contribution is 2.28. The molecule has 0 aliphatic rings. The van der Waals surface area contributed by atoms with Crippen molar-refractivity contribution in [2.45, 2.75) is 39.8 Å². The molecule has 3 nitrogen and oxygen atoms in total. The quantitative estimate of drug-likeness (QED) is 0.908. The summed E-state index contributed by atoms with van der Waals surface area (Å²) >= 11 is 1.75. The van der Waals surface area contributed by atoms with Gasteiger partial charge in [0.1, 0.15) is 10.8 Å². The Bertz CT molecular complexity index is 541. The highest BCUT2D eigenvalue weighted by atomic mass is 32.1. The number of thiazole rings is 1. The summed E-state index contributed by atoms with van der Waals surface area (Å²) in [6.07, 6.45) is 0.199. The Morgan fingerprint density at radius 2 is 1.80 bits per heavy atom. The summed E-state index contributed by atoms with van der Waals surface area (Å²) in [4.78, 5) is 5.93. The fourth-order valence-corrected chi connectivity index (χ4v) is 3.13. The minimum Gasteiger partial charge on any atom is -0.491 e. The third-order valence-corrected chi connectivity index (χ3v) is 4.30. The van der Waals surface area contributed by atoms with Crippen molar-refractivity contribution in [2.75, 3.05) is 7.05 Å². The predicted molar refractivity (Wildman–Crippen MR) is 84.7 cm³/mol.